The van der Waals surface area contributed by atoms with E-state index < -0.39 is 22.2 Å². The molecule has 1 aromatic carbocycles. The molecule has 0 aliphatic carbocycles. The Morgan fingerprint density at radius 1 is 1.09 bits per heavy atom. The van der Waals surface area contributed by atoms with Crippen molar-refractivity contribution in [2.24, 2.45) is 0 Å². The number of carboxylic acid groups (broad SMARTS) is 1. The van der Waals surface area contributed by atoms with E-state index in [9.17, 15) is 21.6 Å². The molecular formula is C20H25F3N4O4S. The Balaban J connectivity index is 0.000000360. The molecule has 1 N–H and O–H groups in total. The Kier molecular flexibility index (Phi) is 6.68. The fraction of sp³-hybridized carbons (Fsp3) is 0.500. The molecule has 2 aromatic rings. The predicted octanol–water partition coefficient (Wildman–Crippen LogP) is 2.38. The summed E-state index contributed by atoms with van der Waals surface area (Å²) in [7, 11) is -0.991. The number of halogens is 3. The molecule has 2 aliphatic heterocycles. The number of hydrogen-bond donors (Lipinski definition) is 1. The van der Waals surface area contributed by atoms with Crippen LogP contribution in [0.1, 0.15) is 18.7 Å². The van der Waals surface area contributed by atoms with E-state index in [4.69, 9.17) is 14.9 Å². The molecule has 0 unspecified atom stereocenters. The van der Waals surface area contributed by atoms with E-state index in [1.807, 2.05) is 24.4 Å². The summed E-state index contributed by atoms with van der Waals surface area (Å²) < 4.78 is 59.4. The van der Waals surface area contributed by atoms with Crippen LogP contribution in [0.3, 0.4) is 0 Å². The van der Waals surface area contributed by atoms with Gasteiger partial charge in [-0.1, -0.05) is 30.3 Å². The number of aliphatic carboxylic acids is 1. The van der Waals surface area contributed by atoms with Crippen molar-refractivity contribution in [2.45, 2.75) is 31.1 Å². The largest absolute Gasteiger partial charge is 0.490 e. The van der Waals surface area contributed by atoms with Gasteiger partial charge in [0, 0.05) is 26.2 Å². The Morgan fingerprint density at radius 3 is 2.16 bits per heavy atom. The van der Waals surface area contributed by atoms with Gasteiger partial charge in [-0.05, 0) is 25.5 Å². The first-order valence-corrected chi connectivity index (χ1v) is 11.8. The van der Waals surface area contributed by atoms with E-state index in [2.05, 4.69) is 28.6 Å². The normalized spacial score (nSPS) is 19.2. The number of alkyl halides is 3. The van der Waals surface area contributed by atoms with E-state index in [-0.39, 0.29) is 5.54 Å². The molecule has 1 saturated heterocycles. The van der Waals surface area contributed by atoms with Crippen LogP contribution in [0.2, 0.25) is 0 Å². The van der Waals surface area contributed by atoms with Gasteiger partial charge in [-0.15, -0.1) is 0 Å². The van der Waals surface area contributed by atoms with Gasteiger partial charge in [-0.25, -0.2) is 22.5 Å². The van der Waals surface area contributed by atoms with Gasteiger partial charge in [0.1, 0.15) is 5.82 Å². The lowest BCUT2D eigenvalue weighted by molar-refractivity contribution is -0.192. The number of imidazole rings is 1. The van der Waals surface area contributed by atoms with Crippen LogP contribution in [-0.2, 0) is 26.9 Å². The molecule has 12 heteroatoms. The molecule has 0 bridgehead atoms. The second kappa shape index (κ2) is 8.83. The molecule has 0 saturated carbocycles. The molecule has 1 aromatic heterocycles. The smallest absolute Gasteiger partial charge is 0.475 e. The van der Waals surface area contributed by atoms with Crippen LogP contribution < -0.4 is 0 Å². The third kappa shape index (κ3) is 4.81. The first-order valence-electron chi connectivity index (χ1n) is 9.94. The SMILES string of the molecule is CN1CCn2c(-c3ccccc3)cnc2C12CCN(S(C)(=O)=O)CC2.O=C(O)C(F)(F)F. The van der Waals surface area contributed by atoms with Crippen molar-refractivity contribution < 1.29 is 31.5 Å². The molecule has 2 aliphatic rings. The number of benzene rings is 1. The van der Waals surface area contributed by atoms with Crippen LogP contribution in [0.4, 0.5) is 13.2 Å². The van der Waals surface area contributed by atoms with Gasteiger partial charge in [0.15, 0.2) is 0 Å². The second-order valence-electron chi connectivity index (χ2n) is 7.90. The predicted molar refractivity (Wildman–Crippen MR) is 111 cm³/mol. The number of carboxylic acids is 1. The van der Waals surface area contributed by atoms with E-state index in [1.54, 1.807) is 4.31 Å². The average Bonchev–Trinajstić information content (AvgIpc) is 3.16. The number of aromatic nitrogens is 2. The van der Waals surface area contributed by atoms with Gasteiger partial charge in [0.05, 0.1) is 23.7 Å². The number of carbonyl (C=O) groups is 1. The maximum Gasteiger partial charge on any atom is 0.490 e. The summed E-state index contributed by atoms with van der Waals surface area (Å²) in [6.45, 7) is 2.96. The van der Waals surface area contributed by atoms with E-state index >= 15 is 0 Å². The number of sulfonamides is 1. The summed E-state index contributed by atoms with van der Waals surface area (Å²) >= 11 is 0. The monoisotopic (exact) mass is 474 g/mol. The maximum atomic E-state index is 11.9. The van der Waals surface area contributed by atoms with Gasteiger partial charge < -0.3 is 9.67 Å². The topological polar surface area (TPSA) is 95.7 Å². The fourth-order valence-electron chi connectivity index (χ4n) is 4.24. The lowest BCUT2D eigenvalue weighted by Crippen LogP contribution is -2.56. The van der Waals surface area contributed by atoms with Crippen LogP contribution in [0.25, 0.3) is 11.3 Å². The summed E-state index contributed by atoms with van der Waals surface area (Å²) in [6.07, 6.45) is -0.262. The third-order valence-corrected chi connectivity index (χ3v) is 7.30. The minimum absolute atomic E-state index is 0.174. The summed E-state index contributed by atoms with van der Waals surface area (Å²) in [5.74, 6) is -1.68. The zero-order chi connectivity index (χ0) is 23.7. The van der Waals surface area contributed by atoms with Gasteiger partial charge in [0.2, 0.25) is 10.0 Å². The number of fused-ring (bicyclic) bond motifs is 2. The molecule has 176 valence electrons. The Bertz CT molecular complexity index is 1060. The molecule has 0 radical (unpaired) electrons. The van der Waals surface area contributed by atoms with Crippen molar-refractivity contribution >= 4 is 16.0 Å². The second-order valence-corrected chi connectivity index (χ2v) is 9.89. The highest BCUT2D eigenvalue weighted by Gasteiger charge is 2.46. The lowest BCUT2D eigenvalue weighted by Gasteiger charge is -2.49. The summed E-state index contributed by atoms with van der Waals surface area (Å²) in [4.78, 5) is 16.1. The van der Waals surface area contributed by atoms with Crippen molar-refractivity contribution in [3.63, 3.8) is 0 Å². The molecule has 32 heavy (non-hydrogen) atoms. The highest BCUT2D eigenvalue weighted by atomic mass is 32.2. The quantitative estimate of drug-likeness (QED) is 0.718. The van der Waals surface area contributed by atoms with Crippen molar-refractivity contribution in [3.05, 3.63) is 42.4 Å². The molecule has 1 spiro atoms. The van der Waals surface area contributed by atoms with Crippen LogP contribution in [0, 0.1) is 0 Å². The molecule has 0 amide bonds. The maximum absolute atomic E-state index is 11.9. The molecular weight excluding hydrogens is 449 g/mol. The van der Waals surface area contributed by atoms with Crippen molar-refractivity contribution in [1.29, 1.82) is 0 Å². The molecule has 8 nitrogen and oxygen atoms in total. The molecule has 1 fully saturated rings. The third-order valence-electron chi connectivity index (χ3n) is 5.99. The first kappa shape index (κ1) is 24.2. The number of hydrogen-bond acceptors (Lipinski definition) is 5. The fourth-order valence-corrected chi connectivity index (χ4v) is 5.09. The van der Waals surface area contributed by atoms with Crippen LogP contribution >= 0.6 is 0 Å². The van der Waals surface area contributed by atoms with Gasteiger partial charge in [-0.3, -0.25) is 4.90 Å². The number of likely N-dealkylation sites (N-methyl/N-ethyl adjacent to an activating group) is 1. The Hall–Kier alpha value is -2.44. The number of rotatable bonds is 2. The van der Waals surface area contributed by atoms with Crippen LogP contribution in [0.5, 0.6) is 0 Å². The van der Waals surface area contributed by atoms with Gasteiger partial charge >= 0.3 is 12.1 Å². The number of nitrogens with zero attached hydrogens (tertiary/aromatic N) is 4. The summed E-state index contributed by atoms with van der Waals surface area (Å²) in [6, 6.07) is 10.3. The Morgan fingerprint density at radius 2 is 1.66 bits per heavy atom. The average molecular weight is 475 g/mol. The van der Waals surface area contributed by atoms with E-state index in [0.29, 0.717) is 13.1 Å². The minimum atomic E-state index is -5.08. The van der Waals surface area contributed by atoms with Crippen molar-refractivity contribution in [2.75, 3.05) is 32.9 Å². The van der Waals surface area contributed by atoms with Gasteiger partial charge in [0.25, 0.3) is 0 Å². The van der Waals surface area contributed by atoms with Crippen molar-refractivity contribution in [1.82, 2.24) is 18.8 Å². The standard InChI is InChI=1S/C18H24N4O2S.C2HF3O2/c1-20-12-13-22-16(15-6-4-3-5-7-15)14-19-17(22)18(20)8-10-21(11-9-18)25(2,23)24;3-2(4,5)1(6)7/h3-7,14H,8-13H2,1-2H3;(H,6,7). The van der Waals surface area contributed by atoms with Crippen LogP contribution in [0.15, 0.2) is 36.5 Å². The highest BCUT2D eigenvalue weighted by Crippen LogP contribution is 2.41. The minimum Gasteiger partial charge on any atom is -0.475 e. The Labute approximate surface area is 184 Å². The van der Waals surface area contributed by atoms with E-state index in [1.165, 1.54) is 11.8 Å². The molecule has 0 atom stereocenters. The summed E-state index contributed by atoms with van der Waals surface area (Å²) in [5, 5.41) is 7.12. The van der Waals surface area contributed by atoms with Crippen molar-refractivity contribution in [3.8, 4) is 11.3 Å². The zero-order valence-electron chi connectivity index (χ0n) is 17.7. The first-order chi connectivity index (χ1) is 14.9. The highest BCUT2D eigenvalue weighted by molar-refractivity contribution is 7.88. The zero-order valence-corrected chi connectivity index (χ0v) is 18.5. The molecule has 4 rings (SSSR count). The summed E-state index contributed by atoms with van der Waals surface area (Å²) in [5.41, 5.74) is 2.15. The number of piperidine rings is 1. The van der Waals surface area contributed by atoms with Crippen LogP contribution in [-0.4, -0.2) is 77.4 Å². The van der Waals surface area contributed by atoms with Gasteiger partial charge in [-0.2, -0.15) is 13.2 Å². The van der Waals surface area contributed by atoms with E-state index in [0.717, 1.165) is 37.4 Å². The lowest BCUT2D eigenvalue weighted by atomic mass is 9.84. The molecule has 3 heterocycles.